The molecule has 0 spiro atoms. The molecule has 2 amide bonds. The fourth-order valence-electron chi connectivity index (χ4n) is 2.73. The zero-order valence-electron chi connectivity index (χ0n) is 15.1. The molecule has 6 heteroatoms. The van der Waals surface area contributed by atoms with E-state index in [0.29, 0.717) is 22.7 Å². The third-order valence-electron chi connectivity index (χ3n) is 4.52. The lowest BCUT2D eigenvalue weighted by Gasteiger charge is -2.32. The minimum atomic E-state index is -0.746. The molecule has 0 fully saturated rings. The van der Waals surface area contributed by atoms with Crippen molar-refractivity contribution in [2.75, 3.05) is 19.0 Å². The van der Waals surface area contributed by atoms with Gasteiger partial charge < -0.3 is 15.4 Å². The van der Waals surface area contributed by atoms with Gasteiger partial charge in [-0.1, -0.05) is 54.9 Å². The molecular formula is C20H23ClN2O3. The Balaban J connectivity index is 2.06. The quantitative estimate of drug-likeness (QED) is 0.758. The summed E-state index contributed by atoms with van der Waals surface area (Å²) in [5.41, 5.74) is 1.47. The molecule has 2 N–H and O–H groups in total. The van der Waals surface area contributed by atoms with Crippen LogP contribution in [-0.4, -0.2) is 25.5 Å². The molecule has 1 unspecified atom stereocenters. The second-order valence-corrected chi connectivity index (χ2v) is 6.37. The van der Waals surface area contributed by atoms with Gasteiger partial charge in [0.25, 0.3) is 0 Å². The van der Waals surface area contributed by atoms with Crippen molar-refractivity contribution in [2.24, 2.45) is 0 Å². The van der Waals surface area contributed by atoms with Crippen molar-refractivity contribution in [3.63, 3.8) is 0 Å². The van der Waals surface area contributed by atoms with E-state index >= 15 is 0 Å². The molecule has 0 aromatic heterocycles. The summed E-state index contributed by atoms with van der Waals surface area (Å²) in [4.78, 5) is 24.4. The Labute approximate surface area is 158 Å². The molecule has 0 saturated carbocycles. The first-order valence-electron chi connectivity index (χ1n) is 8.38. The molecule has 0 bridgehead atoms. The van der Waals surface area contributed by atoms with Crippen molar-refractivity contribution >= 4 is 29.1 Å². The van der Waals surface area contributed by atoms with Crippen LogP contribution in [0.25, 0.3) is 0 Å². The SMILES string of the molecule is CCC(CNC(=O)C(=O)Nc1cccc(Cl)c1C)(OC)c1ccccc1. The largest absolute Gasteiger partial charge is 0.372 e. The Morgan fingerprint density at radius 3 is 2.38 bits per heavy atom. The van der Waals surface area contributed by atoms with Crippen LogP contribution in [0.3, 0.4) is 0 Å². The van der Waals surface area contributed by atoms with Gasteiger partial charge in [0.05, 0.1) is 6.54 Å². The van der Waals surface area contributed by atoms with Gasteiger partial charge in [-0.3, -0.25) is 9.59 Å². The van der Waals surface area contributed by atoms with E-state index in [4.69, 9.17) is 16.3 Å². The maximum absolute atomic E-state index is 12.2. The van der Waals surface area contributed by atoms with Crippen molar-refractivity contribution in [1.82, 2.24) is 5.32 Å². The van der Waals surface area contributed by atoms with Crippen molar-refractivity contribution in [1.29, 1.82) is 0 Å². The van der Waals surface area contributed by atoms with Crippen LogP contribution in [0.5, 0.6) is 0 Å². The lowest BCUT2D eigenvalue weighted by molar-refractivity contribution is -0.137. The van der Waals surface area contributed by atoms with Crippen LogP contribution < -0.4 is 10.6 Å². The summed E-state index contributed by atoms with van der Waals surface area (Å²) in [6.07, 6.45) is 0.642. The zero-order chi connectivity index (χ0) is 19.2. The van der Waals surface area contributed by atoms with E-state index in [1.165, 1.54) is 0 Å². The number of methoxy groups -OCH3 is 1. The second kappa shape index (κ2) is 8.83. The highest BCUT2D eigenvalue weighted by atomic mass is 35.5. The van der Waals surface area contributed by atoms with E-state index in [9.17, 15) is 9.59 Å². The summed E-state index contributed by atoms with van der Waals surface area (Å²) in [6.45, 7) is 3.93. The Morgan fingerprint density at radius 2 is 1.77 bits per heavy atom. The number of halogens is 1. The molecule has 0 saturated heterocycles. The van der Waals surface area contributed by atoms with Crippen molar-refractivity contribution in [3.8, 4) is 0 Å². The zero-order valence-corrected chi connectivity index (χ0v) is 15.9. The second-order valence-electron chi connectivity index (χ2n) is 5.97. The maximum atomic E-state index is 12.2. The van der Waals surface area contributed by atoms with Crippen LogP contribution in [0.15, 0.2) is 48.5 Å². The third-order valence-corrected chi connectivity index (χ3v) is 4.93. The monoisotopic (exact) mass is 374 g/mol. The van der Waals surface area contributed by atoms with E-state index < -0.39 is 17.4 Å². The molecule has 1 atom stereocenters. The summed E-state index contributed by atoms with van der Waals surface area (Å²) in [5, 5.41) is 5.78. The number of ether oxygens (including phenoxy) is 1. The van der Waals surface area contributed by atoms with E-state index in [0.717, 1.165) is 5.56 Å². The molecule has 0 heterocycles. The van der Waals surface area contributed by atoms with Crippen LogP contribution in [0, 0.1) is 6.92 Å². The van der Waals surface area contributed by atoms with Crippen LogP contribution in [-0.2, 0) is 19.9 Å². The van der Waals surface area contributed by atoms with Crippen molar-refractivity contribution < 1.29 is 14.3 Å². The molecular weight excluding hydrogens is 352 g/mol. The number of nitrogens with one attached hydrogen (secondary N) is 2. The Morgan fingerprint density at radius 1 is 1.08 bits per heavy atom. The average molecular weight is 375 g/mol. The van der Waals surface area contributed by atoms with Crippen LogP contribution in [0.4, 0.5) is 5.69 Å². The molecule has 0 aliphatic heterocycles. The summed E-state index contributed by atoms with van der Waals surface area (Å²) in [6, 6.07) is 14.8. The van der Waals surface area contributed by atoms with Crippen molar-refractivity contribution in [2.45, 2.75) is 25.9 Å². The van der Waals surface area contributed by atoms with Crippen molar-refractivity contribution in [3.05, 3.63) is 64.7 Å². The molecule has 2 aromatic rings. The van der Waals surface area contributed by atoms with Gasteiger partial charge in [-0.25, -0.2) is 0 Å². The molecule has 0 aliphatic rings. The Kier molecular flexibility index (Phi) is 6.77. The molecule has 5 nitrogen and oxygen atoms in total. The number of hydrogen-bond acceptors (Lipinski definition) is 3. The highest BCUT2D eigenvalue weighted by Crippen LogP contribution is 2.28. The Hall–Kier alpha value is -2.37. The molecule has 0 radical (unpaired) electrons. The fraction of sp³-hybridized carbons (Fsp3) is 0.300. The number of rotatable bonds is 6. The van der Waals surface area contributed by atoms with Gasteiger partial charge >= 0.3 is 11.8 Å². The summed E-state index contributed by atoms with van der Waals surface area (Å²) in [7, 11) is 1.60. The molecule has 2 aromatic carbocycles. The molecule has 2 rings (SSSR count). The number of carbonyl (C=O) groups excluding carboxylic acids is 2. The minimum Gasteiger partial charge on any atom is -0.372 e. The standard InChI is InChI=1S/C20H23ClN2O3/c1-4-20(26-3,15-9-6-5-7-10-15)13-22-18(24)19(25)23-17-12-8-11-16(21)14(17)2/h5-12H,4,13H2,1-3H3,(H,22,24)(H,23,25). The highest BCUT2D eigenvalue weighted by molar-refractivity contribution is 6.40. The Bertz CT molecular complexity index is 774. The van der Waals surface area contributed by atoms with E-state index in [1.54, 1.807) is 32.2 Å². The molecule has 0 aliphatic carbocycles. The number of benzene rings is 2. The minimum absolute atomic E-state index is 0.185. The topological polar surface area (TPSA) is 67.4 Å². The van der Waals surface area contributed by atoms with Crippen LogP contribution in [0.1, 0.15) is 24.5 Å². The van der Waals surface area contributed by atoms with Crippen LogP contribution in [0.2, 0.25) is 5.02 Å². The number of hydrogen-bond donors (Lipinski definition) is 2. The normalized spacial score (nSPS) is 12.9. The lowest BCUT2D eigenvalue weighted by Crippen LogP contribution is -2.45. The number of anilines is 1. The predicted octanol–water partition coefficient (Wildman–Crippen LogP) is 3.66. The first-order chi connectivity index (χ1) is 12.4. The smallest absolute Gasteiger partial charge is 0.313 e. The van der Waals surface area contributed by atoms with E-state index in [1.807, 2.05) is 37.3 Å². The van der Waals surface area contributed by atoms with E-state index in [-0.39, 0.29) is 6.54 Å². The molecule has 26 heavy (non-hydrogen) atoms. The maximum Gasteiger partial charge on any atom is 0.313 e. The lowest BCUT2D eigenvalue weighted by atomic mass is 9.90. The first-order valence-corrected chi connectivity index (χ1v) is 8.76. The summed E-state index contributed by atoms with van der Waals surface area (Å²) >= 11 is 6.03. The van der Waals surface area contributed by atoms with Crippen LogP contribution >= 0.6 is 11.6 Å². The summed E-state index contributed by atoms with van der Waals surface area (Å²) in [5.74, 6) is -1.47. The first kappa shape index (κ1) is 19.9. The third kappa shape index (κ3) is 4.42. The van der Waals surface area contributed by atoms with Gasteiger partial charge in [-0.2, -0.15) is 0 Å². The van der Waals surface area contributed by atoms with E-state index in [2.05, 4.69) is 10.6 Å². The van der Waals surface area contributed by atoms with Gasteiger partial charge in [0.2, 0.25) is 0 Å². The molecule has 138 valence electrons. The van der Waals surface area contributed by atoms with Gasteiger partial charge in [0.15, 0.2) is 0 Å². The number of carbonyl (C=O) groups is 2. The summed E-state index contributed by atoms with van der Waals surface area (Å²) < 4.78 is 5.69. The van der Waals surface area contributed by atoms with Gasteiger partial charge in [0.1, 0.15) is 5.60 Å². The van der Waals surface area contributed by atoms with Gasteiger partial charge in [-0.15, -0.1) is 0 Å². The van der Waals surface area contributed by atoms with Gasteiger partial charge in [-0.05, 0) is 36.6 Å². The highest BCUT2D eigenvalue weighted by Gasteiger charge is 2.31. The number of amides is 2. The van der Waals surface area contributed by atoms with Gasteiger partial charge in [0, 0.05) is 17.8 Å². The predicted molar refractivity (Wildman–Crippen MR) is 103 cm³/mol. The fourth-order valence-corrected chi connectivity index (χ4v) is 2.91. The average Bonchev–Trinajstić information content (AvgIpc) is 2.67.